The van der Waals surface area contributed by atoms with E-state index in [2.05, 4.69) is 53.1 Å². The number of nitrogens with zero attached hydrogens (tertiary/aromatic N) is 3. The second-order valence-electron chi connectivity index (χ2n) is 8.46. The fourth-order valence-corrected chi connectivity index (χ4v) is 4.49. The van der Waals surface area contributed by atoms with Gasteiger partial charge in [-0.2, -0.15) is 0 Å². The number of benzene rings is 3. The minimum Gasteiger partial charge on any atom is -0.454 e. The molecule has 0 radical (unpaired) electrons. The maximum absolute atomic E-state index is 6.24. The summed E-state index contributed by atoms with van der Waals surface area (Å²) in [5, 5.41) is 0. The Morgan fingerprint density at radius 2 is 1.62 bits per heavy atom. The number of fused-ring (bicyclic) bond motifs is 3. The Morgan fingerprint density at radius 1 is 0.812 bits per heavy atom. The Hall–Kier alpha value is -3.51. The zero-order chi connectivity index (χ0) is 21.5. The highest BCUT2D eigenvalue weighted by atomic mass is 16.7. The van der Waals surface area contributed by atoms with Gasteiger partial charge in [-0.1, -0.05) is 24.3 Å². The van der Waals surface area contributed by atoms with Crippen molar-refractivity contribution in [2.45, 2.75) is 13.5 Å². The van der Waals surface area contributed by atoms with Crippen LogP contribution in [0.15, 0.2) is 65.7 Å². The molecule has 6 nitrogen and oxygen atoms in total. The molecule has 6 rings (SSSR count). The summed E-state index contributed by atoms with van der Waals surface area (Å²) in [7, 11) is 0. The first-order valence-electron chi connectivity index (χ1n) is 11.1. The summed E-state index contributed by atoms with van der Waals surface area (Å²) in [6, 6.07) is 20.6. The van der Waals surface area contributed by atoms with E-state index in [9.17, 15) is 0 Å². The Bertz CT molecular complexity index is 1200. The molecule has 0 unspecified atom stereocenters. The van der Waals surface area contributed by atoms with Crippen LogP contribution >= 0.6 is 0 Å². The average Bonchev–Trinajstić information content (AvgIpc) is 3.21. The average molecular weight is 428 g/mol. The SMILES string of the molecule is Cc1ccc2c(c1)N=C(N1CCN(Cc3ccc4c(c3)OCO4)CC1)c1ccccc1O2. The van der Waals surface area contributed by atoms with E-state index < -0.39 is 0 Å². The van der Waals surface area contributed by atoms with Crippen molar-refractivity contribution >= 4 is 11.5 Å². The van der Waals surface area contributed by atoms with Crippen molar-refractivity contribution in [1.29, 1.82) is 0 Å². The third kappa shape index (κ3) is 3.56. The van der Waals surface area contributed by atoms with Crippen LogP contribution in [0.4, 0.5) is 5.69 Å². The molecule has 0 amide bonds. The highest BCUT2D eigenvalue weighted by Crippen LogP contribution is 2.39. The van der Waals surface area contributed by atoms with E-state index in [4.69, 9.17) is 19.2 Å². The molecule has 0 aromatic heterocycles. The molecule has 6 heteroatoms. The van der Waals surface area contributed by atoms with E-state index in [0.29, 0.717) is 6.79 Å². The summed E-state index contributed by atoms with van der Waals surface area (Å²) in [5.74, 6) is 4.34. The Balaban J connectivity index is 1.22. The normalized spacial score (nSPS) is 17.2. The maximum Gasteiger partial charge on any atom is 0.231 e. The monoisotopic (exact) mass is 427 g/mol. The second-order valence-corrected chi connectivity index (χ2v) is 8.46. The lowest BCUT2D eigenvalue weighted by atomic mass is 10.1. The zero-order valence-corrected chi connectivity index (χ0v) is 18.1. The van der Waals surface area contributed by atoms with Crippen molar-refractivity contribution in [3.05, 3.63) is 77.4 Å². The van der Waals surface area contributed by atoms with Gasteiger partial charge in [-0.05, 0) is 54.4 Å². The third-order valence-electron chi connectivity index (χ3n) is 6.20. The number of hydrogen-bond acceptors (Lipinski definition) is 6. The van der Waals surface area contributed by atoms with Gasteiger partial charge in [-0.3, -0.25) is 4.90 Å². The lowest BCUT2D eigenvalue weighted by Crippen LogP contribution is -2.48. The van der Waals surface area contributed by atoms with Crippen molar-refractivity contribution in [2.24, 2.45) is 4.99 Å². The fourth-order valence-electron chi connectivity index (χ4n) is 4.49. The maximum atomic E-state index is 6.24. The molecule has 0 N–H and O–H groups in total. The summed E-state index contributed by atoms with van der Waals surface area (Å²) in [6.45, 7) is 7.07. The van der Waals surface area contributed by atoms with Gasteiger partial charge in [0.2, 0.25) is 6.79 Å². The molecule has 0 bridgehead atoms. The van der Waals surface area contributed by atoms with Crippen molar-refractivity contribution in [1.82, 2.24) is 9.80 Å². The summed E-state index contributed by atoms with van der Waals surface area (Å²) in [6.07, 6.45) is 0. The first-order chi connectivity index (χ1) is 15.7. The molecule has 162 valence electrons. The highest BCUT2D eigenvalue weighted by Gasteiger charge is 2.26. The van der Waals surface area contributed by atoms with Crippen LogP contribution in [-0.4, -0.2) is 48.6 Å². The van der Waals surface area contributed by atoms with Crippen LogP contribution in [-0.2, 0) is 6.54 Å². The molecule has 3 aromatic rings. The van der Waals surface area contributed by atoms with Gasteiger partial charge in [0.05, 0.1) is 5.56 Å². The molecule has 3 aromatic carbocycles. The van der Waals surface area contributed by atoms with Gasteiger partial charge < -0.3 is 19.1 Å². The van der Waals surface area contributed by atoms with Gasteiger partial charge in [0.15, 0.2) is 17.2 Å². The summed E-state index contributed by atoms with van der Waals surface area (Å²) in [4.78, 5) is 9.94. The molecule has 1 saturated heterocycles. The Morgan fingerprint density at radius 3 is 2.53 bits per heavy atom. The standard InChI is InChI=1S/C26H25N3O3/c1-18-6-8-23-21(14-18)27-26(20-4-2-3-5-22(20)32-23)29-12-10-28(11-13-29)16-19-7-9-24-25(15-19)31-17-30-24/h2-9,14-15H,10-13,16-17H2,1H3. The van der Waals surface area contributed by atoms with Crippen LogP contribution in [0.3, 0.4) is 0 Å². The van der Waals surface area contributed by atoms with E-state index in [1.165, 1.54) is 11.1 Å². The molecular formula is C26H25N3O3. The number of piperazine rings is 1. The van der Waals surface area contributed by atoms with Crippen LogP contribution < -0.4 is 14.2 Å². The Labute approximate surface area is 187 Å². The topological polar surface area (TPSA) is 46.5 Å². The first-order valence-corrected chi connectivity index (χ1v) is 11.1. The van der Waals surface area contributed by atoms with Crippen molar-refractivity contribution < 1.29 is 14.2 Å². The lowest BCUT2D eigenvalue weighted by molar-refractivity contribution is 0.172. The third-order valence-corrected chi connectivity index (χ3v) is 6.20. The largest absolute Gasteiger partial charge is 0.454 e. The minimum atomic E-state index is 0.313. The molecular weight excluding hydrogens is 402 g/mol. The quantitative estimate of drug-likeness (QED) is 0.592. The Kier molecular flexibility index (Phi) is 4.72. The van der Waals surface area contributed by atoms with Crippen LogP contribution in [0.25, 0.3) is 0 Å². The van der Waals surface area contributed by atoms with Crippen molar-refractivity contribution in [3.63, 3.8) is 0 Å². The van der Waals surface area contributed by atoms with Gasteiger partial charge in [0.25, 0.3) is 0 Å². The number of para-hydroxylation sites is 1. The predicted molar refractivity (Wildman–Crippen MR) is 123 cm³/mol. The molecule has 1 fully saturated rings. The number of ether oxygens (including phenoxy) is 3. The molecule has 0 spiro atoms. The molecule has 0 aliphatic carbocycles. The number of aliphatic imine (C=N–C) groups is 1. The van der Waals surface area contributed by atoms with Gasteiger partial charge in [0, 0.05) is 32.7 Å². The molecule has 3 aliphatic heterocycles. The predicted octanol–water partition coefficient (Wildman–Crippen LogP) is 4.73. The van der Waals surface area contributed by atoms with Gasteiger partial charge in [-0.15, -0.1) is 0 Å². The van der Waals surface area contributed by atoms with Crippen LogP contribution in [0, 0.1) is 6.92 Å². The smallest absolute Gasteiger partial charge is 0.231 e. The summed E-state index contributed by atoms with van der Waals surface area (Å²) < 4.78 is 17.2. The van der Waals surface area contributed by atoms with E-state index in [0.717, 1.165) is 72.8 Å². The van der Waals surface area contributed by atoms with E-state index in [1.807, 2.05) is 24.3 Å². The number of rotatable bonds is 2. The van der Waals surface area contributed by atoms with E-state index in [1.54, 1.807) is 0 Å². The number of amidine groups is 1. The highest BCUT2D eigenvalue weighted by molar-refractivity contribution is 6.03. The van der Waals surface area contributed by atoms with E-state index in [-0.39, 0.29) is 0 Å². The number of hydrogen-bond donors (Lipinski definition) is 0. The van der Waals surface area contributed by atoms with Crippen LogP contribution in [0.1, 0.15) is 16.7 Å². The van der Waals surface area contributed by atoms with Crippen molar-refractivity contribution in [2.75, 3.05) is 33.0 Å². The zero-order valence-electron chi connectivity index (χ0n) is 18.1. The van der Waals surface area contributed by atoms with Crippen molar-refractivity contribution in [3.8, 4) is 23.0 Å². The molecule has 0 saturated carbocycles. The van der Waals surface area contributed by atoms with Gasteiger partial charge >= 0.3 is 0 Å². The summed E-state index contributed by atoms with van der Waals surface area (Å²) >= 11 is 0. The van der Waals surface area contributed by atoms with E-state index >= 15 is 0 Å². The molecule has 3 aliphatic rings. The molecule has 0 atom stereocenters. The van der Waals surface area contributed by atoms with Crippen LogP contribution in [0.5, 0.6) is 23.0 Å². The lowest BCUT2D eigenvalue weighted by Gasteiger charge is -2.36. The number of aryl methyl sites for hydroxylation is 1. The van der Waals surface area contributed by atoms with Crippen LogP contribution in [0.2, 0.25) is 0 Å². The second kappa shape index (κ2) is 7.88. The molecule has 32 heavy (non-hydrogen) atoms. The summed E-state index contributed by atoms with van der Waals surface area (Å²) in [5.41, 5.74) is 4.36. The molecule has 3 heterocycles. The van der Waals surface area contributed by atoms with Gasteiger partial charge in [0.1, 0.15) is 17.3 Å². The van der Waals surface area contributed by atoms with Gasteiger partial charge in [-0.25, -0.2) is 4.99 Å². The first kappa shape index (κ1) is 19.2. The fraction of sp³-hybridized carbons (Fsp3) is 0.269. The minimum absolute atomic E-state index is 0.313.